The Morgan fingerprint density at radius 2 is 1.26 bits per heavy atom. The lowest BCUT2D eigenvalue weighted by molar-refractivity contribution is -0.127. The van der Waals surface area contributed by atoms with E-state index in [1.807, 2.05) is 13.8 Å². The zero-order valence-corrected chi connectivity index (χ0v) is 23.5. The highest BCUT2D eigenvalue weighted by atomic mass is 32.2. The molecule has 3 aromatic carbocycles. The number of methoxy groups -OCH3 is 2. The molecule has 0 heterocycles. The van der Waals surface area contributed by atoms with Gasteiger partial charge in [0.1, 0.15) is 5.25 Å². The van der Waals surface area contributed by atoms with Crippen LogP contribution in [0.2, 0.25) is 0 Å². The van der Waals surface area contributed by atoms with E-state index < -0.39 is 43.2 Å². The van der Waals surface area contributed by atoms with E-state index in [-0.39, 0.29) is 22.6 Å². The van der Waals surface area contributed by atoms with Crippen LogP contribution in [0.5, 0.6) is 0 Å². The minimum atomic E-state index is -4.24. The topological polar surface area (TPSA) is 116 Å². The molecule has 204 valence electrons. The molecule has 0 amide bonds. The summed E-state index contributed by atoms with van der Waals surface area (Å²) in [7, 11) is -5.71. The second kappa shape index (κ2) is 12.8. The van der Waals surface area contributed by atoms with Crippen molar-refractivity contribution >= 4 is 25.6 Å². The van der Waals surface area contributed by atoms with Gasteiger partial charge in [-0.05, 0) is 50.1 Å². The standard InChI is InChI=1S/C28H33NO7S2/c1-20-10-14-23(15-11-20)37(31,32)26(19-27(35-3)36-4)28(30)25(18-22-8-6-5-7-9-22)29-38(33,34)24-16-12-21(2)13-17-24/h5-17,25-27,29H,18-19H2,1-4H3/t25-,26?/m0/s1. The third-order valence-corrected chi connectivity index (χ3v) is 9.82. The molecule has 0 fully saturated rings. The number of Topliss-reactive ketones (excluding diaryl/α,β-unsaturated/α-hetero) is 1. The Balaban J connectivity index is 2.07. The van der Waals surface area contributed by atoms with E-state index in [2.05, 4.69) is 4.72 Å². The van der Waals surface area contributed by atoms with Crippen LogP contribution in [0.1, 0.15) is 23.1 Å². The highest BCUT2D eigenvalue weighted by Crippen LogP contribution is 2.25. The number of nitrogens with one attached hydrogen (secondary N) is 1. The Kier molecular flexibility index (Phi) is 9.97. The second-order valence-electron chi connectivity index (χ2n) is 9.06. The van der Waals surface area contributed by atoms with Crippen molar-refractivity contribution < 1.29 is 31.1 Å². The van der Waals surface area contributed by atoms with Crippen LogP contribution in [-0.2, 0) is 40.5 Å². The van der Waals surface area contributed by atoms with Gasteiger partial charge in [-0.1, -0.05) is 65.7 Å². The van der Waals surface area contributed by atoms with Crippen molar-refractivity contribution in [1.82, 2.24) is 4.72 Å². The molecule has 0 aliphatic heterocycles. The second-order valence-corrected chi connectivity index (χ2v) is 12.9. The third-order valence-electron chi connectivity index (χ3n) is 6.23. The summed E-state index contributed by atoms with van der Waals surface area (Å²) in [6.07, 6.45) is -1.37. The van der Waals surface area contributed by atoms with E-state index in [0.717, 1.165) is 11.1 Å². The Morgan fingerprint density at radius 3 is 1.76 bits per heavy atom. The summed E-state index contributed by atoms with van der Waals surface area (Å²) in [6, 6.07) is 19.8. The Hall–Kier alpha value is -2.89. The summed E-state index contributed by atoms with van der Waals surface area (Å²) < 4.78 is 67.1. The van der Waals surface area contributed by atoms with Crippen LogP contribution in [0.25, 0.3) is 0 Å². The molecule has 0 aromatic heterocycles. The number of ketones is 1. The molecule has 0 bridgehead atoms. The fourth-order valence-corrected chi connectivity index (χ4v) is 6.93. The van der Waals surface area contributed by atoms with E-state index in [9.17, 15) is 21.6 Å². The van der Waals surface area contributed by atoms with E-state index in [1.165, 1.54) is 38.5 Å². The molecule has 3 aromatic rings. The number of sulfone groups is 1. The van der Waals surface area contributed by atoms with Crippen molar-refractivity contribution in [3.05, 3.63) is 95.6 Å². The lowest BCUT2D eigenvalue weighted by atomic mass is 10.00. The van der Waals surface area contributed by atoms with Crippen molar-refractivity contribution in [2.24, 2.45) is 0 Å². The van der Waals surface area contributed by atoms with Crippen LogP contribution in [0.4, 0.5) is 0 Å². The number of rotatable bonds is 13. The maximum atomic E-state index is 14.0. The molecule has 10 heteroatoms. The minimum absolute atomic E-state index is 0.0291. The summed E-state index contributed by atoms with van der Waals surface area (Å²) in [6.45, 7) is 3.65. The Bertz CT molecular complexity index is 1420. The number of hydrogen-bond acceptors (Lipinski definition) is 7. The molecule has 0 spiro atoms. The van der Waals surface area contributed by atoms with Gasteiger partial charge in [0, 0.05) is 20.6 Å². The Morgan fingerprint density at radius 1 is 0.763 bits per heavy atom. The van der Waals surface area contributed by atoms with Gasteiger partial charge in [-0.25, -0.2) is 21.6 Å². The maximum absolute atomic E-state index is 14.0. The number of hydrogen-bond donors (Lipinski definition) is 1. The van der Waals surface area contributed by atoms with E-state index in [1.54, 1.807) is 54.6 Å². The van der Waals surface area contributed by atoms with Gasteiger partial charge < -0.3 is 9.47 Å². The minimum Gasteiger partial charge on any atom is -0.356 e. The van der Waals surface area contributed by atoms with E-state index in [0.29, 0.717) is 5.56 Å². The van der Waals surface area contributed by atoms with Crippen molar-refractivity contribution in [2.45, 2.75) is 54.1 Å². The van der Waals surface area contributed by atoms with Crippen molar-refractivity contribution in [3.63, 3.8) is 0 Å². The van der Waals surface area contributed by atoms with Gasteiger partial charge in [0.15, 0.2) is 21.9 Å². The van der Waals surface area contributed by atoms with Gasteiger partial charge in [0.25, 0.3) is 0 Å². The number of carbonyl (C=O) groups excluding carboxylic acids is 1. The van der Waals surface area contributed by atoms with Crippen LogP contribution >= 0.6 is 0 Å². The summed E-state index contributed by atoms with van der Waals surface area (Å²) in [4.78, 5) is 14.0. The van der Waals surface area contributed by atoms with Gasteiger partial charge >= 0.3 is 0 Å². The summed E-state index contributed by atoms with van der Waals surface area (Å²) >= 11 is 0. The first kappa shape index (κ1) is 29.7. The Labute approximate surface area is 225 Å². The average molecular weight is 560 g/mol. The van der Waals surface area contributed by atoms with Crippen LogP contribution in [0, 0.1) is 13.8 Å². The summed E-state index contributed by atoms with van der Waals surface area (Å²) in [5.41, 5.74) is 2.39. The number of benzene rings is 3. The highest BCUT2D eigenvalue weighted by Gasteiger charge is 2.41. The van der Waals surface area contributed by atoms with E-state index in [4.69, 9.17) is 9.47 Å². The molecule has 0 aliphatic carbocycles. The molecule has 0 saturated carbocycles. The predicted molar refractivity (Wildman–Crippen MR) is 145 cm³/mol. The number of sulfonamides is 1. The zero-order chi connectivity index (χ0) is 27.9. The van der Waals surface area contributed by atoms with Crippen LogP contribution < -0.4 is 4.72 Å². The zero-order valence-electron chi connectivity index (χ0n) is 21.8. The molecule has 1 N–H and O–H groups in total. The van der Waals surface area contributed by atoms with Gasteiger partial charge in [-0.15, -0.1) is 0 Å². The van der Waals surface area contributed by atoms with Crippen LogP contribution in [0.15, 0.2) is 88.7 Å². The molecule has 0 aliphatic rings. The fourth-order valence-electron chi connectivity index (χ4n) is 4.00. The first-order valence-electron chi connectivity index (χ1n) is 12.0. The SMILES string of the molecule is COC(CC(C(=O)[C@H](Cc1ccccc1)NS(=O)(=O)c1ccc(C)cc1)S(=O)(=O)c1ccc(C)cc1)OC. The molecule has 3 rings (SSSR count). The monoisotopic (exact) mass is 559 g/mol. The van der Waals surface area contributed by atoms with Crippen LogP contribution in [0.3, 0.4) is 0 Å². The fraction of sp³-hybridized carbons (Fsp3) is 0.321. The lowest BCUT2D eigenvalue weighted by Crippen LogP contribution is -2.49. The average Bonchev–Trinajstić information content (AvgIpc) is 2.89. The highest BCUT2D eigenvalue weighted by molar-refractivity contribution is 7.93. The molecule has 0 saturated heterocycles. The largest absolute Gasteiger partial charge is 0.356 e. The normalized spacial score (nSPS) is 13.8. The first-order chi connectivity index (χ1) is 18.0. The quantitative estimate of drug-likeness (QED) is 0.318. The van der Waals surface area contributed by atoms with Crippen molar-refractivity contribution in [3.8, 4) is 0 Å². The number of carbonyl (C=O) groups is 1. The summed E-state index contributed by atoms with van der Waals surface area (Å²) in [5.74, 6) is -0.802. The predicted octanol–water partition coefficient (Wildman–Crippen LogP) is 3.61. The van der Waals surface area contributed by atoms with Crippen molar-refractivity contribution in [2.75, 3.05) is 14.2 Å². The van der Waals surface area contributed by atoms with Gasteiger partial charge in [-0.2, -0.15) is 0 Å². The van der Waals surface area contributed by atoms with Crippen LogP contribution in [-0.4, -0.2) is 54.4 Å². The van der Waals surface area contributed by atoms with Gasteiger partial charge in [0.2, 0.25) is 10.0 Å². The molecule has 0 radical (unpaired) electrons. The first-order valence-corrected chi connectivity index (χ1v) is 15.0. The smallest absolute Gasteiger partial charge is 0.241 e. The molecule has 1 unspecified atom stereocenters. The molecule has 8 nitrogen and oxygen atoms in total. The molecular formula is C28H33NO7S2. The van der Waals surface area contributed by atoms with Crippen molar-refractivity contribution in [1.29, 1.82) is 0 Å². The van der Waals surface area contributed by atoms with E-state index >= 15 is 0 Å². The molecule has 38 heavy (non-hydrogen) atoms. The number of aryl methyl sites for hydroxylation is 2. The third kappa shape index (κ3) is 7.36. The number of ether oxygens (including phenoxy) is 2. The van der Waals surface area contributed by atoms with Gasteiger partial charge in [0.05, 0.1) is 15.8 Å². The maximum Gasteiger partial charge on any atom is 0.241 e. The molecular weight excluding hydrogens is 526 g/mol. The van der Waals surface area contributed by atoms with Gasteiger partial charge in [-0.3, -0.25) is 4.79 Å². The lowest BCUT2D eigenvalue weighted by Gasteiger charge is -2.26. The summed E-state index contributed by atoms with van der Waals surface area (Å²) in [5, 5.41) is -1.63. The molecule has 2 atom stereocenters.